The molecule has 1 amide bonds. The van der Waals surface area contributed by atoms with Crippen LogP contribution in [0.3, 0.4) is 0 Å². The van der Waals surface area contributed by atoms with Crippen LogP contribution in [0.25, 0.3) is 21.1 Å². The van der Waals surface area contributed by atoms with Gasteiger partial charge in [-0.15, -0.1) is 0 Å². The van der Waals surface area contributed by atoms with Crippen LogP contribution in [0.5, 0.6) is 0 Å². The fourth-order valence-corrected chi connectivity index (χ4v) is 6.75. The van der Waals surface area contributed by atoms with Crippen molar-refractivity contribution < 1.29 is 17.6 Å². The molecule has 0 unspecified atom stereocenters. The first-order chi connectivity index (χ1) is 15.9. The van der Waals surface area contributed by atoms with Gasteiger partial charge in [0.25, 0.3) is 10.0 Å². The quantitative estimate of drug-likeness (QED) is 0.378. The van der Waals surface area contributed by atoms with Crippen molar-refractivity contribution in [2.45, 2.75) is 43.9 Å². The van der Waals surface area contributed by atoms with Gasteiger partial charge in [0.1, 0.15) is 0 Å². The van der Waals surface area contributed by atoms with Gasteiger partial charge in [0.2, 0.25) is 5.91 Å². The zero-order chi connectivity index (χ0) is 23.2. The molecule has 0 radical (unpaired) electrons. The van der Waals surface area contributed by atoms with Crippen LogP contribution in [0, 0.1) is 12.8 Å². The van der Waals surface area contributed by atoms with Gasteiger partial charge in [0.05, 0.1) is 15.3 Å². The Bertz CT molecular complexity index is 1510. The van der Waals surface area contributed by atoms with Gasteiger partial charge in [-0.1, -0.05) is 72.6 Å². The first-order valence-corrected chi connectivity index (χ1v) is 13.2. The van der Waals surface area contributed by atoms with Crippen molar-refractivity contribution in [2.75, 3.05) is 4.31 Å². The molecule has 0 N–H and O–H groups in total. The number of hydrogen-bond donors (Lipinski definition) is 0. The Morgan fingerprint density at radius 1 is 1.00 bits per heavy atom. The van der Waals surface area contributed by atoms with Crippen LogP contribution in [0.2, 0.25) is 0 Å². The molecule has 0 atom stereocenters. The van der Waals surface area contributed by atoms with Crippen LogP contribution in [0.4, 0.5) is 5.69 Å². The van der Waals surface area contributed by atoms with E-state index in [0.717, 1.165) is 40.5 Å². The zero-order valence-electron chi connectivity index (χ0n) is 18.1. The number of rotatable bonds is 4. The SMILES string of the molecule is Cc1ccc(S(=O)(=O)N(C(=O)C2CCCCC2)c2cc3sc(=O)oc3c3ccccc23)cc1. The predicted octanol–water partition coefficient (Wildman–Crippen LogP) is 5.62. The lowest BCUT2D eigenvalue weighted by molar-refractivity contribution is -0.122. The first kappa shape index (κ1) is 21.9. The molecule has 0 saturated heterocycles. The molecule has 3 aromatic carbocycles. The minimum absolute atomic E-state index is 0.0572. The number of carbonyl (C=O) groups is 1. The average molecular weight is 482 g/mol. The molecule has 33 heavy (non-hydrogen) atoms. The third-order valence-corrected chi connectivity index (χ3v) is 8.75. The van der Waals surface area contributed by atoms with Gasteiger partial charge in [-0.3, -0.25) is 4.79 Å². The normalized spacial score (nSPS) is 15.2. The number of carbonyl (C=O) groups excluding carboxylic acids is 1. The van der Waals surface area contributed by atoms with E-state index in [4.69, 9.17) is 4.42 Å². The molecule has 170 valence electrons. The first-order valence-electron chi connectivity index (χ1n) is 11.0. The number of sulfonamides is 1. The molecule has 0 aliphatic heterocycles. The minimum atomic E-state index is -4.19. The average Bonchev–Trinajstić information content (AvgIpc) is 3.20. The maximum Gasteiger partial charge on any atom is 0.396 e. The van der Waals surface area contributed by atoms with Crippen LogP contribution in [0.15, 0.2) is 68.7 Å². The summed E-state index contributed by atoms with van der Waals surface area (Å²) in [6.45, 7) is 1.88. The summed E-state index contributed by atoms with van der Waals surface area (Å²) in [5.74, 6) is -0.785. The summed E-state index contributed by atoms with van der Waals surface area (Å²) in [6, 6.07) is 15.2. The third-order valence-electron chi connectivity index (χ3n) is 6.25. The lowest BCUT2D eigenvalue weighted by Crippen LogP contribution is -2.41. The number of anilines is 1. The molecule has 1 aliphatic carbocycles. The number of hydrogen-bond acceptors (Lipinski definition) is 6. The number of aryl methyl sites for hydroxylation is 1. The number of amides is 1. The Hall–Kier alpha value is -2.97. The summed E-state index contributed by atoms with van der Waals surface area (Å²) >= 11 is 0.899. The Morgan fingerprint density at radius 2 is 1.67 bits per heavy atom. The van der Waals surface area contributed by atoms with E-state index >= 15 is 0 Å². The molecule has 1 aromatic heterocycles. The Labute approximate surface area is 195 Å². The standard InChI is InChI=1S/C25H23NO5S2/c1-16-11-13-18(14-12-16)33(29,30)26(24(27)17-7-3-2-4-8-17)21-15-22-23(31-25(28)32-22)20-10-6-5-9-19(20)21/h5-6,9-15,17H,2-4,7-8H2,1H3. The van der Waals surface area contributed by atoms with Crippen molar-refractivity contribution >= 4 is 54.0 Å². The molecule has 1 aliphatic rings. The topological polar surface area (TPSA) is 84.7 Å². The highest BCUT2D eigenvalue weighted by atomic mass is 32.2. The Balaban J connectivity index is 1.78. The van der Waals surface area contributed by atoms with E-state index in [-0.39, 0.29) is 16.5 Å². The monoisotopic (exact) mass is 481 g/mol. The second kappa shape index (κ2) is 8.43. The van der Waals surface area contributed by atoms with E-state index in [2.05, 4.69) is 0 Å². The van der Waals surface area contributed by atoms with Crippen LogP contribution < -0.4 is 9.24 Å². The molecule has 8 heteroatoms. The Morgan fingerprint density at radius 3 is 2.36 bits per heavy atom. The number of fused-ring (bicyclic) bond motifs is 3. The van der Waals surface area contributed by atoms with E-state index < -0.39 is 20.9 Å². The van der Waals surface area contributed by atoms with Crippen molar-refractivity contribution in [2.24, 2.45) is 5.92 Å². The van der Waals surface area contributed by atoms with E-state index in [0.29, 0.717) is 33.9 Å². The minimum Gasteiger partial charge on any atom is -0.413 e. The lowest BCUT2D eigenvalue weighted by Gasteiger charge is -2.29. The maximum atomic E-state index is 13.9. The van der Waals surface area contributed by atoms with Gasteiger partial charge in [-0.2, -0.15) is 0 Å². The maximum absolute atomic E-state index is 13.9. The molecule has 4 aromatic rings. The van der Waals surface area contributed by atoms with Gasteiger partial charge in [-0.05, 0) is 38.0 Å². The van der Waals surface area contributed by atoms with Gasteiger partial charge in [0, 0.05) is 16.7 Å². The van der Waals surface area contributed by atoms with Gasteiger partial charge >= 0.3 is 4.94 Å². The fraction of sp³-hybridized carbons (Fsp3) is 0.280. The highest BCUT2D eigenvalue weighted by Crippen LogP contribution is 2.39. The second-order valence-electron chi connectivity index (χ2n) is 8.48. The van der Waals surface area contributed by atoms with Crippen molar-refractivity contribution in [1.29, 1.82) is 0 Å². The van der Waals surface area contributed by atoms with Gasteiger partial charge in [-0.25, -0.2) is 17.5 Å². The molecular formula is C25H23NO5S2. The summed E-state index contributed by atoms with van der Waals surface area (Å²) in [4.78, 5) is 25.4. The van der Waals surface area contributed by atoms with Crippen molar-refractivity contribution in [3.8, 4) is 0 Å². The van der Waals surface area contributed by atoms with Crippen LogP contribution in [-0.4, -0.2) is 14.3 Å². The molecule has 1 saturated carbocycles. The van der Waals surface area contributed by atoms with Crippen molar-refractivity contribution in [3.05, 3.63) is 69.9 Å². The third kappa shape index (κ3) is 3.87. The lowest BCUT2D eigenvalue weighted by atomic mass is 9.88. The largest absolute Gasteiger partial charge is 0.413 e. The molecule has 1 fully saturated rings. The van der Waals surface area contributed by atoms with E-state index in [1.54, 1.807) is 42.5 Å². The second-order valence-corrected chi connectivity index (χ2v) is 11.2. The fourth-order valence-electron chi connectivity index (χ4n) is 4.55. The van der Waals surface area contributed by atoms with E-state index in [9.17, 15) is 18.0 Å². The summed E-state index contributed by atoms with van der Waals surface area (Å²) < 4.78 is 34.7. The van der Waals surface area contributed by atoms with Crippen LogP contribution in [-0.2, 0) is 14.8 Å². The molecule has 0 bridgehead atoms. The van der Waals surface area contributed by atoms with E-state index in [1.165, 1.54) is 12.1 Å². The van der Waals surface area contributed by atoms with Crippen molar-refractivity contribution in [3.63, 3.8) is 0 Å². The highest BCUT2D eigenvalue weighted by Gasteiger charge is 2.37. The van der Waals surface area contributed by atoms with Gasteiger partial charge < -0.3 is 4.42 Å². The summed E-state index contributed by atoms with van der Waals surface area (Å²) in [5, 5.41) is 1.15. The molecule has 6 nitrogen and oxygen atoms in total. The predicted molar refractivity (Wildman–Crippen MR) is 130 cm³/mol. The summed E-state index contributed by atoms with van der Waals surface area (Å²) in [5.41, 5.74) is 1.59. The smallest absolute Gasteiger partial charge is 0.396 e. The van der Waals surface area contributed by atoms with Crippen LogP contribution >= 0.6 is 11.3 Å². The molecule has 1 heterocycles. The molecule has 5 rings (SSSR count). The number of nitrogens with zero attached hydrogens (tertiary/aromatic N) is 1. The van der Waals surface area contributed by atoms with Crippen molar-refractivity contribution in [1.82, 2.24) is 0 Å². The zero-order valence-corrected chi connectivity index (χ0v) is 19.7. The molecule has 0 spiro atoms. The van der Waals surface area contributed by atoms with Crippen LogP contribution in [0.1, 0.15) is 37.7 Å². The highest BCUT2D eigenvalue weighted by molar-refractivity contribution is 7.93. The van der Waals surface area contributed by atoms with E-state index in [1.807, 2.05) is 6.92 Å². The summed E-state index contributed by atoms with van der Waals surface area (Å²) in [7, 11) is -4.19. The number of benzene rings is 3. The molecular weight excluding hydrogens is 458 g/mol. The van der Waals surface area contributed by atoms with Gasteiger partial charge in [0.15, 0.2) is 5.58 Å². The Kier molecular flexibility index (Phi) is 5.58. The summed E-state index contributed by atoms with van der Waals surface area (Å²) in [6.07, 6.45) is 4.18.